The summed E-state index contributed by atoms with van der Waals surface area (Å²) in [4.78, 5) is 27.8. The van der Waals surface area contributed by atoms with Crippen LogP contribution in [0.25, 0.3) is 0 Å². The molecule has 1 N–H and O–H groups in total. The third-order valence-corrected chi connectivity index (χ3v) is 6.79. The molecular weight excluding hydrogens is 404 g/mol. The number of para-hydroxylation sites is 1. The van der Waals surface area contributed by atoms with Crippen LogP contribution in [0.4, 0.5) is 0 Å². The molecule has 0 spiro atoms. The van der Waals surface area contributed by atoms with E-state index in [0.29, 0.717) is 35.8 Å². The Morgan fingerprint density at radius 3 is 2.60 bits per heavy atom. The van der Waals surface area contributed by atoms with Gasteiger partial charge in [-0.05, 0) is 24.1 Å². The van der Waals surface area contributed by atoms with E-state index in [4.69, 9.17) is 14.2 Å². The predicted octanol–water partition coefficient (Wildman–Crippen LogP) is 2.64. The van der Waals surface area contributed by atoms with E-state index in [0.717, 1.165) is 16.9 Å². The molecule has 0 unspecified atom stereocenters. The van der Waals surface area contributed by atoms with Gasteiger partial charge in [0, 0.05) is 17.9 Å². The van der Waals surface area contributed by atoms with Crippen LogP contribution in [0.1, 0.15) is 26.9 Å². The molecule has 2 aromatic rings. The minimum absolute atomic E-state index is 0.146. The number of methoxy groups -OCH3 is 3. The molecule has 2 atom stereocenters. The van der Waals surface area contributed by atoms with Gasteiger partial charge in [-0.25, -0.2) is 0 Å². The highest BCUT2D eigenvalue weighted by molar-refractivity contribution is 7.99. The van der Waals surface area contributed by atoms with E-state index in [1.165, 1.54) is 14.2 Å². The molecule has 2 aromatic carbocycles. The summed E-state index contributed by atoms with van der Waals surface area (Å²) in [6, 6.07) is 10.9. The number of hydrogen-bond acceptors (Lipinski definition) is 6. The summed E-state index contributed by atoms with van der Waals surface area (Å²) in [5.41, 5.74) is 2.38. The van der Waals surface area contributed by atoms with Crippen molar-refractivity contribution in [1.29, 1.82) is 0 Å². The average molecular weight is 429 g/mol. The Morgan fingerprint density at radius 1 is 1.10 bits per heavy atom. The summed E-state index contributed by atoms with van der Waals surface area (Å²) < 4.78 is 16.1. The highest BCUT2D eigenvalue weighted by atomic mass is 32.2. The first-order valence-electron chi connectivity index (χ1n) is 9.69. The zero-order valence-electron chi connectivity index (χ0n) is 17.1. The Labute approximate surface area is 179 Å². The van der Waals surface area contributed by atoms with E-state index in [1.807, 2.05) is 30.3 Å². The highest BCUT2D eigenvalue weighted by Crippen LogP contribution is 2.52. The summed E-state index contributed by atoms with van der Waals surface area (Å²) in [7, 11) is 4.69. The lowest BCUT2D eigenvalue weighted by Crippen LogP contribution is -2.46. The molecule has 8 heteroatoms. The summed E-state index contributed by atoms with van der Waals surface area (Å²) in [5.74, 6) is 1.95. The standard InChI is InChI=1S/C22H24N2O5S/c1-27-16-7-5-4-6-13(16)10-11-23-20(25)15-12-30-22-14-8-9-17(28-2)19(29-3)18(14)21(26)24(15)22/h4-9,15,22H,10-12H2,1-3H3,(H,23,25)/t15-,22-/m1/s1. The van der Waals surface area contributed by atoms with Crippen molar-refractivity contribution < 1.29 is 23.8 Å². The number of rotatable bonds is 7. The summed E-state index contributed by atoms with van der Waals surface area (Å²) in [5, 5.41) is 2.79. The van der Waals surface area contributed by atoms with Gasteiger partial charge in [0.25, 0.3) is 5.91 Å². The van der Waals surface area contributed by atoms with Crippen molar-refractivity contribution >= 4 is 23.6 Å². The number of nitrogens with one attached hydrogen (secondary N) is 1. The number of carbonyl (C=O) groups excluding carboxylic acids is 2. The van der Waals surface area contributed by atoms with Crippen LogP contribution in [0, 0.1) is 0 Å². The van der Waals surface area contributed by atoms with Crippen LogP contribution in [-0.4, -0.2) is 56.4 Å². The molecule has 1 fully saturated rings. The van der Waals surface area contributed by atoms with Gasteiger partial charge in [-0.15, -0.1) is 11.8 Å². The lowest BCUT2D eigenvalue weighted by Gasteiger charge is -2.22. The van der Waals surface area contributed by atoms with E-state index in [2.05, 4.69) is 5.32 Å². The van der Waals surface area contributed by atoms with Crippen LogP contribution < -0.4 is 19.5 Å². The second kappa shape index (κ2) is 8.47. The molecule has 2 aliphatic heterocycles. The molecule has 1 saturated heterocycles. The van der Waals surface area contributed by atoms with Gasteiger partial charge in [-0.1, -0.05) is 24.3 Å². The summed E-state index contributed by atoms with van der Waals surface area (Å²) in [6.45, 7) is 0.469. The Morgan fingerprint density at radius 2 is 1.87 bits per heavy atom. The average Bonchev–Trinajstić information content (AvgIpc) is 3.33. The first-order valence-corrected chi connectivity index (χ1v) is 10.7. The maximum atomic E-state index is 13.2. The molecule has 30 heavy (non-hydrogen) atoms. The van der Waals surface area contributed by atoms with E-state index in [9.17, 15) is 9.59 Å². The van der Waals surface area contributed by atoms with Crippen LogP contribution >= 0.6 is 11.8 Å². The number of hydrogen-bond donors (Lipinski definition) is 1. The van der Waals surface area contributed by atoms with Gasteiger partial charge in [0.15, 0.2) is 11.5 Å². The molecule has 7 nitrogen and oxygen atoms in total. The minimum Gasteiger partial charge on any atom is -0.496 e. The maximum absolute atomic E-state index is 13.2. The predicted molar refractivity (Wildman–Crippen MR) is 114 cm³/mol. The fourth-order valence-electron chi connectivity index (χ4n) is 4.04. The number of thioether (sulfide) groups is 1. The van der Waals surface area contributed by atoms with E-state index in [1.54, 1.807) is 29.8 Å². The molecule has 0 aliphatic carbocycles. The van der Waals surface area contributed by atoms with Crippen LogP contribution in [0.5, 0.6) is 17.2 Å². The van der Waals surface area contributed by atoms with Gasteiger partial charge < -0.3 is 24.4 Å². The second-order valence-electron chi connectivity index (χ2n) is 7.03. The molecule has 0 saturated carbocycles. The smallest absolute Gasteiger partial charge is 0.260 e. The van der Waals surface area contributed by atoms with Crippen LogP contribution in [0.2, 0.25) is 0 Å². The van der Waals surface area contributed by atoms with Gasteiger partial charge in [0.1, 0.15) is 17.2 Å². The van der Waals surface area contributed by atoms with Gasteiger partial charge in [-0.3, -0.25) is 9.59 Å². The third kappa shape index (κ3) is 3.35. The Kier molecular flexibility index (Phi) is 5.76. The number of carbonyl (C=O) groups is 2. The van der Waals surface area contributed by atoms with E-state index < -0.39 is 6.04 Å². The van der Waals surface area contributed by atoms with Crippen molar-refractivity contribution in [2.75, 3.05) is 33.6 Å². The lowest BCUT2D eigenvalue weighted by molar-refractivity contribution is -0.124. The van der Waals surface area contributed by atoms with Crippen molar-refractivity contribution in [3.05, 3.63) is 53.1 Å². The highest BCUT2D eigenvalue weighted by Gasteiger charge is 2.50. The molecule has 2 aliphatic rings. The van der Waals surface area contributed by atoms with E-state index >= 15 is 0 Å². The molecule has 0 aromatic heterocycles. The third-order valence-electron chi connectivity index (χ3n) is 5.48. The fourth-order valence-corrected chi connectivity index (χ4v) is 5.50. The molecule has 2 heterocycles. The van der Waals surface area contributed by atoms with Crippen molar-refractivity contribution in [3.8, 4) is 17.2 Å². The van der Waals surface area contributed by atoms with E-state index in [-0.39, 0.29) is 17.2 Å². The van der Waals surface area contributed by atoms with Crippen molar-refractivity contribution in [2.24, 2.45) is 0 Å². The molecule has 0 bridgehead atoms. The topological polar surface area (TPSA) is 77.1 Å². The number of nitrogens with zero attached hydrogens (tertiary/aromatic N) is 1. The summed E-state index contributed by atoms with van der Waals surface area (Å²) in [6.07, 6.45) is 0.651. The van der Waals surface area contributed by atoms with Crippen molar-refractivity contribution in [1.82, 2.24) is 10.2 Å². The first-order chi connectivity index (χ1) is 14.6. The Bertz CT molecular complexity index is 980. The first kappa shape index (κ1) is 20.4. The minimum atomic E-state index is -0.520. The molecule has 4 rings (SSSR count). The largest absolute Gasteiger partial charge is 0.496 e. The lowest BCUT2D eigenvalue weighted by atomic mass is 10.1. The zero-order chi connectivity index (χ0) is 21.3. The maximum Gasteiger partial charge on any atom is 0.260 e. The Balaban J connectivity index is 1.47. The van der Waals surface area contributed by atoms with Gasteiger partial charge in [0.05, 0.1) is 26.9 Å². The number of amides is 2. The normalized spacial score (nSPS) is 19.3. The zero-order valence-corrected chi connectivity index (χ0v) is 18.0. The van der Waals surface area contributed by atoms with Gasteiger partial charge >= 0.3 is 0 Å². The Hall–Kier alpha value is -2.87. The van der Waals surface area contributed by atoms with Crippen LogP contribution in [0.15, 0.2) is 36.4 Å². The molecule has 158 valence electrons. The van der Waals surface area contributed by atoms with Gasteiger partial charge in [-0.2, -0.15) is 0 Å². The van der Waals surface area contributed by atoms with Crippen LogP contribution in [-0.2, 0) is 11.2 Å². The monoisotopic (exact) mass is 428 g/mol. The van der Waals surface area contributed by atoms with Crippen molar-refractivity contribution in [3.63, 3.8) is 0 Å². The fraction of sp³-hybridized carbons (Fsp3) is 0.364. The molecular formula is C22H24N2O5S. The van der Waals surface area contributed by atoms with Crippen LogP contribution in [0.3, 0.4) is 0 Å². The molecule has 2 amide bonds. The number of fused-ring (bicyclic) bond motifs is 3. The number of ether oxygens (including phenoxy) is 3. The number of benzene rings is 2. The second-order valence-corrected chi connectivity index (χ2v) is 8.15. The molecule has 0 radical (unpaired) electrons. The van der Waals surface area contributed by atoms with Crippen molar-refractivity contribution in [2.45, 2.75) is 17.8 Å². The SMILES string of the molecule is COc1ccccc1CCNC(=O)[C@H]1CS[C@@H]2c3ccc(OC)c(OC)c3C(=O)N12. The summed E-state index contributed by atoms with van der Waals surface area (Å²) >= 11 is 1.59. The van der Waals surface area contributed by atoms with Gasteiger partial charge in [0.2, 0.25) is 5.91 Å². The quantitative estimate of drug-likeness (QED) is 0.731.